The van der Waals surface area contributed by atoms with Gasteiger partial charge in [0.25, 0.3) is 5.91 Å². The summed E-state index contributed by atoms with van der Waals surface area (Å²) in [6.45, 7) is 0.378. The second-order valence-electron chi connectivity index (χ2n) is 6.44. The highest BCUT2D eigenvalue weighted by molar-refractivity contribution is 6.08. The third-order valence-corrected chi connectivity index (χ3v) is 4.71. The highest BCUT2D eigenvalue weighted by Crippen LogP contribution is 2.43. The number of phenols is 1. The first-order valence-electron chi connectivity index (χ1n) is 8.20. The Morgan fingerprint density at radius 3 is 2.69 bits per heavy atom. The maximum Gasteiger partial charge on any atom is 0.258 e. The number of fused-ring (bicyclic) bond motifs is 2. The summed E-state index contributed by atoms with van der Waals surface area (Å²) >= 11 is 0. The van der Waals surface area contributed by atoms with Gasteiger partial charge in [0.1, 0.15) is 17.1 Å². The average molecular weight is 352 g/mol. The fourth-order valence-electron chi connectivity index (χ4n) is 3.46. The number of hydrogen-bond acceptors (Lipinski definition) is 4. The normalized spacial score (nSPS) is 13.3. The van der Waals surface area contributed by atoms with Gasteiger partial charge in [-0.1, -0.05) is 12.1 Å². The van der Waals surface area contributed by atoms with Crippen LogP contribution in [0.25, 0.3) is 10.9 Å². The fourth-order valence-corrected chi connectivity index (χ4v) is 3.46. The Morgan fingerprint density at radius 1 is 1.27 bits per heavy atom. The van der Waals surface area contributed by atoms with Crippen molar-refractivity contribution in [2.24, 2.45) is 0 Å². The number of methoxy groups -OCH3 is 1. The van der Waals surface area contributed by atoms with Crippen molar-refractivity contribution in [1.29, 1.82) is 0 Å². The molecule has 0 aliphatic carbocycles. The number of benzene rings is 2. The van der Waals surface area contributed by atoms with Gasteiger partial charge in [0.2, 0.25) is 0 Å². The predicted molar refractivity (Wildman–Crippen MR) is 95.0 cm³/mol. The van der Waals surface area contributed by atoms with E-state index in [-0.39, 0.29) is 23.0 Å². The molecule has 132 valence electrons. The van der Waals surface area contributed by atoms with Crippen LogP contribution in [0, 0.1) is 5.82 Å². The fraction of sp³-hybridized carbons (Fsp3) is 0.200. The molecule has 0 saturated carbocycles. The number of carbonyl (C=O) groups is 1. The number of phenolic OH excluding ortho intramolecular Hbond substituents is 1. The van der Waals surface area contributed by atoms with Crippen LogP contribution in [0.15, 0.2) is 36.5 Å². The first-order valence-corrected chi connectivity index (χ1v) is 8.20. The van der Waals surface area contributed by atoms with E-state index < -0.39 is 0 Å². The van der Waals surface area contributed by atoms with Gasteiger partial charge >= 0.3 is 0 Å². The summed E-state index contributed by atoms with van der Waals surface area (Å²) in [5, 5.41) is 11.2. The number of aromatic hydroxyl groups is 1. The van der Waals surface area contributed by atoms with Crippen LogP contribution >= 0.6 is 0 Å². The quantitative estimate of drug-likeness (QED) is 0.786. The lowest BCUT2D eigenvalue weighted by molar-refractivity contribution is 0.0814. The summed E-state index contributed by atoms with van der Waals surface area (Å²) in [6, 6.07) is 8.19. The Balaban J connectivity index is 1.86. The molecule has 1 amide bonds. The van der Waals surface area contributed by atoms with Gasteiger partial charge in [-0.15, -0.1) is 0 Å². The number of aromatic nitrogens is 1. The summed E-state index contributed by atoms with van der Waals surface area (Å²) in [5.74, 6) is -0.0753. The predicted octanol–water partition coefficient (Wildman–Crippen LogP) is 3.26. The van der Waals surface area contributed by atoms with E-state index in [9.17, 15) is 14.3 Å². The molecule has 6 heteroatoms. The zero-order valence-electron chi connectivity index (χ0n) is 14.4. The maximum atomic E-state index is 13.1. The van der Waals surface area contributed by atoms with Crippen LogP contribution in [0.5, 0.6) is 11.5 Å². The lowest BCUT2D eigenvalue weighted by Gasteiger charge is -2.13. The van der Waals surface area contributed by atoms with Gasteiger partial charge < -0.3 is 14.7 Å². The van der Waals surface area contributed by atoms with E-state index in [1.807, 2.05) is 6.07 Å². The molecule has 2 heterocycles. The number of pyridine rings is 1. The first kappa shape index (κ1) is 16.3. The minimum Gasteiger partial charge on any atom is -0.505 e. The number of halogens is 1. The van der Waals surface area contributed by atoms with Gasteiger partial charge in [-0.3, -0.25) is 9.78 Å². The smallest absolute Gasteiger partial charge is 0.258 e. The molecule has 4 rings (SSSR count). The van der Waals surface area contributed by atoms with Crippen molar-refractivity contribution in [3.63, 3.8) is 0 Å². The number of ether oxygens (including phenoxy) is 1. The Bertz CT molecular complexity index is 1030. The molecule has 0 bridgehead atoms. The van der Waals surface area contributed by atoms with Gasteiger partial charge in [0.15, 0.2) is 5.75 Å². The minimum atomic E-state index is -0.277. The number of hydrogen-bond donors (Lipinski definition) is 1. The Kier molecular flexibility index (Phi) is 3.76. The van der Waals surface area contributed by atoms with Crippen molar-refractivity contribution < 1.29 is 19.0 Å². The zero-order valence-corrected chi connectivity index (χ0v) is 14.4. The molecular weight excluding hydrogens is 335 g/mol. The molecule has 1 aromatic heterocycles. The number of rotatable bonds is 3. The van der Waals surface area contributed by atoms with E-state index in [2.05, 4.69) is 4.98 Å². The molecule has 0 radical (unpaired) electrons. The van der Waals surface area contributed by atoms with Crippen LogP contribution in [0.4, 0.5) is 4.39 Å². The molecule has 1 N–H and O–H groups in total. The Hall–Kier alpha value is -3.15. The highest BCUT2D eigenvalue weighted by atomic mass is 19.1. The van der Waals surface area contributed by atoms with E-state index in [0.29, 0.717) is 35.2 Å². The molecule has 1 aliphatic rings. The van der Waals surface area contributed by atoms with Crippen molar-refractivity contribution >= 4 is 16.8 Å². The highest BCUT2D eigenvalue weighted by Gasteiger charge is 2.33. The average Bonchev–Trinajstić information content (AvgIpc) is 2.92. The third-order valence-electron chi connectivity index (χ3n) is 4.71. The standard InChI is InChI=1S/C20H17FN2O3/c1-23-10-15-16(20(23)25)18(24)17-14(19(15)26-2)8-12(9-22-17)7-11-3-5-13(21)6-4-11/h3-6,8-9,24H,7,10H2,1-2H3. The van der Waals surface area contributed by atoms with Gasteiger partial charge in [-0.25, -0.2) is 4.39 Å². The summed E-state index contributed by atoms with van der Waals surface area (Å²) in [6.07, 6.45) is 2.23. The van der Waals surface area contributed by atoms with E-state index in [1.165, 1.54) is 17.0 Å². The van der Waals surface area contributed by atoms with Crippen molar-refractivity contribution in [2.45, 2.75) is 13.0 Å². The topological polar surface area (TPSA) is 62.7 Å². The first-order chi connectivity index (χ1) is 12.5. The monoisotopic (exact) mass is 352 g/mol. The molecule has 2 aromatic carbocycles. The Labute approximate surface area is 149 Å². The van der Waals surface area contributed by atoms with Crippen LogP contribution in [0.3, 0.4) is 0 Å². The molecule has 26 heavy (non-hydrogen) atoms. The summed E-state index contributed by atoms with van der Waals surface area (Å²) in [4.78, 5) is 18.2. The number of nitrogens with zero attached hydrogens (tertiary/aromatic N) is 2. The van der Waals surface area contributed by atoms with E-state index in [4.69, 9.17) is 4.74 Å². The summed E-state index contributed by atoms with van der Waals surface area (Å²) < 4.78 is 18.6. The molecule has 0 atom stereocenters. The molecule has 3 aromatic rings. The van der Waals surface area contributed by atoms with Gasteiger partial charge in [-0.05, 0) is 35.7 Å². The van der Waals surface area contributed by atoms with Gasteiger partial charge in [0, 0.05) is 24.2 Å². The van der Waals surface area contributed by atoms with Crippen molar-refractivity contribution in [3.8, 4) is 11.5 Å². The molecule has 5 nitrogen and oxygen atoms in total. The molecule has 1 aliphatic heterocycles. The second kappa shape index (κ2) is 5.98. The lowest BCUT2D eigenvalue weighted by Crippen LogP contribution is -2.17. The maximum absolute atomic E-state index is 13.1. The molecular formula is C20H17FN2O3. The van der Waals surface area contributed by atoms with Crippen LogP contribution in [-0.4, -0.2) is 35.1 Å². The van der Waals surface area contributed by atoms with Crippen LogP contribution in [-0.2, 0) is 13.0 Å². The largest absolute Gasteiger partial charge is 0.505 e. The van der Waals surface area contributed by atoms with Crippen LogP contribution in [0.1, 0.15) is 27.0 Å². The Morgan fingerprint density at radius 2 is 2.00 bits per heavy atom. The minimum absolute atomic E-state index is 0.113. The molecule has 0 fully saturated rings. The van der Waals surface area contributed by atoms with Crippen molar-refractivity contribution in [3.05, 3.63) is 64.6 Å². The molecule has 0 unspecified atom stereocenters. The van der Waals surface area contributed by atoms with E-state index in [0.717, 1.165) is 11.1 Å². The third kappa shape index (κ3) is 2.45. The van der Waals surface area contributed by atoms with Crippen molar-refractivity contribution in [2.75, 3.05) is 14.2 Å². The van der Waals surface area contributed by atoms with E-state index in [1.54, 1.807) is 32.5 Å². The second-order valence-corrected chi connectivity index (χ2v) is 6.44. The summed E-state index contributed by atoms with van der Waals surface area (Å²) in [7, 11) is 3.22. The van der Waals surface area contributed by atoms with E-state index >= 15 is 0 Å². The SMILES string of the molecule is COc1c2c(c(O)c3ncc(Cc4ccc(F)cc4)cc13)C(=O)N(C)C2. The number of amides is 1. The molecule has 0 saturated heterocycles. The van der Waals surface area contributed by atoms with Gasteiger partial charge in [-0.2, -0.15) is 0 Å². The molecule has 0 spiro atoms. The van der Waals surface area contributed by atoms with Crippen molar-refractivity contribution in [1.82, 2.24) is 9.88 Å². The van der Waals surface area contributed by atoms with Crippen LogP contribution in [0.2, 0.25) is 0 Å². The van der Waals surface area contributed by atoms with Gasteiger partial charge in [0.05, 0.1) is 19.2 Å². The zero-order chi connectivity index (χ0) is 18.4. The summed E-state index contributed by atoms with van der Waals surface area (Å²) in [5.41, 5.74) is 3.12. The number of carbonyl (C=O) groups excluding carboxylic acids is 1. The lowest BCUT2D eigenvalue weighted by atomic mass is 9.99. The van der Waals surface area contributed by atoms with Crippen LogP contribution < -0.4 is 4.74 Å².